The summed E-state index contributed by atoms with van der Waals surface area (Å²) >= 11 is 1.32. The zero-order chi connectivity index (χ0) is 13.1. The van der Waals surface area contributed by atoms with Crippen molar-refractivity contribution in [2.45, 2.75) is 25.8 Å². The normalized spacial score (nSPS) is 19.9. The molecule has 1 fully saturated rings. The minimum Gasteiger partial charge on any atom is -0.368 e. The molecule has 0 aliphatic carbocycles. The van der Waals surface area contributed by atoms with Gasteiger partial charge in [0.15, 0.2) is 0 Å². The third-order valence-corrected chi connectivity index (χ3v) is 3.57. The Hall–Kier alpha value is -1.54. The molecule has 2 amide bonds. The summed E-state index contributed by atoms with van der Waals surface area (Å²) in [6.07, 6.45) is 1.61. The number of carbonyl (C=O) groups is 2. The van der Waals surface area contributed by atoms with Crippen molar-refractivity contribution < 1.29 is 9.59 Å². The molecular formula is C10H15N5O2S. The van der Waals surface area contributed by atoms with E-state index < -0.39 is 0 Å². The van der Waals surface area contributed by atoms with Crippen LogP contribution in [0.1, 0.15) is 17.8 Å². The molecule has 0 bridgehead atoms. The first-order valence-electron chi connectivity index (χ1n) is 5.69. The number of primary amides is 1. The summed E-state index contributed by atoms with van der Waals surface area (Å²) in [6.45, 7) is 2.69. The molecule has 0 aromatic carbocycles. The van der Waals surface area contributed by atoms with Gasteiger partial charge < -0.3 is 5.73 Å². The number of hydrogen-bond acceptors (Lipinski definition) is 6. The van der Waals surface area contributed by atoms with Crippen molar-refractivity contribution >= 4 is 28.3 Å². The fourth-order valence-corrected chi connectivity index (χ4v) is 2.64. The third-order valence-electron chi connectivity index (χ3n) is 2.81. The number of likely N-dealkylation sites (tertiary alicyclic amines) is 1. The SMILES string of the molecule is Cc1nnc(NC(=O)CN2CCCC2C(N)=O)s1. The molecule has 1 aliphatic rings. The Kier molecular flexibility index (Phi) is 3.87. The minimum atomic E-state index is -0.368. The molecule has 0 radical (unpaired) electrons. The Morgan fingerprint density at radius 2 is 2.33 bits per heavy atom. The molecule has 0 saturated carbocycles. The predicted molar refractivity (Wildman–Crippen MR) is 67.1 cm³/mol. The fourth-order valence-electron chi connectivity index (χ4n) is 2.03. The van der Waals surface area contributed by atoms with Gasteiger partial charge in [0.25, 0.3) is 0 Å². The van der Waals surface area contributed by atoms with Gasteiger partial charge in [0.05, 0.1) is 12.6 Å². The first kappa shape index (κ1) is 12.9. The average molecular weight is 269 g/mol. The summed E-state index contributed by atoms with van der Waals surface area (Å²) in [7, 11) is 0. The lowest BCUT2D eigenvalue weighted by Crippen LogP contribution is -2.43. The summed E-state index contributed by atoms with van der Waals surface area (Å²) in [5.74, 6) is -0.564. The van der Waals surface area contributed by atoms with Crippen LogP contribution in [0.3, 0.4) is 0 Å². The highest BCUT2D eigenvalue weighted by molar-refractivity contribution is 7.15. The van der Waals surface area contributed by atoms with E-state index in [1.807, 2.05) is 6.92 Å². The zero-order valence-electron chi connectivity index (χ0n) is 10.0. The largest absolute Gasteiger partial charge is 0.368 e. The number of nitrogens with two attached hydrogens (primary N) is 1. The second-order valence-corrected chi connectivity index (χ2v) is 5.39. The van der Waals surface area contributed by atoms with Crippen LogP contribution in [-0.4, -0.2) is 46.0 Å². The lowest BCUT2D eigenvalue weighted by molar-refractivity contribution is -0.123. The first-order chi connectivity index (χ1) is 8.56. The Morgan fingerprint density at radius 3 is 2.94 bits per heavy atom. The van der Waals surface area contributed by atoms with Gasteiger partial charge in [0.1, 0.15) is 5.01 Å². The average Bonchev–Trinajstić information content (AvgIpc) is 2.87. The summed E-state index contributed by atoms with van der Waals surface area (Å²) in [4.78, 5) is 24.8. The van der Waals surface area contributed by atoms with E-state index in [4.69, 9.17) is 5.73 Å². The summed E-state index contributed by atoms with van der Waals surface area (Å²) in [6, 6.07) is -0.327. The quantitative estimate of drug-likeness (QED) is 0.784. The predicted octanol–water partition coefficient (Wildman–Crippen LogP) is -0.265. The molecule has 1 aromatic rings. The highest BCUT2D eigenvalue weighted by Gasteiger charge is 2.30. The topological polar surface area (TPSA) is 101 Å². The second kappa shape index (κ2) is 5.40. The van der Waals surface area contributed by atoms with E-state index in [2.05, 4.69) is 15.5 Å². The van der Waals surface area contributed by atoms with E-state index in [1.54, 1.807) is 4.90 Å². The molecule has 1 unspecified atom stereocenters. The minimum absolute atomic E-state index is 0.159. The van der Waals surface area contributed by atoms with Gasteiger partial charge in [0.2, 0.25) is 16.9 Å². The van der Waals surface area contributed by atoms with Crippen molar-refractivity contribution in [3.8, 4) is 0 Å². The molecule has 3 N–H and O–H groups in total. The van der Waals surface area contributed by atoms with Crippen molar-refractivity contribution in [2.75, 3.05) is 18.4 Å². The number of aryl methyl sites for hydroxylation is 1. The number of aromatic nitrogens is 2. The van der Waals surface area contributed by atoms with Crippen LogP contribution in [0.2, 0.25) is 0 Å². The number of anilines is 1. The lowest BCUT2D eigenvalue weighted by Gasteiger charge is -2.20. The molecule has 2 heterocycles. The number of amides is 2. The van der Waals surface area contributed by atoms with Crippen LogP contribution >= 0.6 is 11.3 Å². The van der Waals surface area contributed by atoms with E-state index in [1.165, 1.54) is 11.3 Å². The van der Waals surface area contributed by atoms with Crippen LogP contribution in [0.5, 0.6) is 0 Å². The van der Waals surface area contributed by atoms with Gasteiger partial charge >= 0.3 is 0 Å². The first-order valence-corrected chi connectivity index (χ1v) is 6.51. The molecule has 7 nitrogen and oxygen atoms in total. The molecule has 1 saturated heterocycles. The van der Waals surface area contributed by atoms with Gasteiger partial charge in [-0.2, -0.15) is 0 Å². The highest BCUT2D eigenvalue weighted by atomic mass is 32.1. The number of nitrogens with zero attached hydrogens (tertiary/aromatic N) is 3. The highest BCUT2D eigenvalue weighted by Crippen LogP contribution is 2.17. The fraction of sp³-hybridized carbons (Fsp3) is 0.600. The van der Waals surface area contributed by atoms with Gasteiger partial charge in [0, 0.05) is 0 Å². The van der Waals surface area contributed by atoms with Gasteiger partial charge in [-0.3, -0.25) is 19.8 Å². The van der Waals surface area contributed by atoms with Crippen LogP contribution in [0.25, 0.3) is 0 Å². The molecule has 0 spiro atoms. The van der Waals surface area contributed by atoms with Gasteiger partial charge in [-0.15, -0.1) is 10.2 Å². The summed E-state index contributed by atoms with van der Waals surface area (Å²) < 4.78 is 0. The molecule has 1 atom stereocenters. The van der Waals surface area contributed by atoms with Crippen molar-refractivity contribution in [1.29, 1.82) is 0 Å². The van der Waals surface area contributed by atoms with Crippen molar-refractivity contribution in [1.82, 2.24) is 15.1 Å². The maximum absolute atomic E-state index is 11.8. The van der Waals surface area contributed by atoms with Crippen LogP contribution in [0.4, 0.5) is 5.13 Å². The van der Waals surface area contributed by atoms with E-state index in [0.717, 1.165) is 24.4 Å². The van der Waals surface area contributed by atoms with Crippen molar-refractivity contribution in [3.05, 3.63) is 5.01 Å². The number of nitrogens with one attached hydrogen (secondary N) is 1. The van der Waals surface area contributed by atoms with Gasteiger partial charge in [-0.25, -0.2) is 0 Å². The van der Waals surface area contributed by atoms with Crippen molar-refractivity contribution in [3.63, 3.8) is 0 Å². The van der Waals surface area contributed by atoms with Crippen LogP contribution in [0, 0.1) is 6.92 Å². The van der Waals surface area contributed by atoms with E-state index in [-0.39, 0.29) is 24.4 Å². The molecule has 1 aromatic heterocycles. The van der Waals surface area contributed by atoms with E-state index in [0.29, 0.717) is 5.13 Å². The maximum Gasteiger partial charge on any atom is 0.240 e. The summed E-state index contributed by atoms with van der Waals surface area (Å²) in [5.41, 5.74) is 5.29. The van der Waals surface area contributed by atoms with E-state index >= 15 is 0 Å². The number of hydrogen-bond donors (Lipinski definition) is 2. The van der Waals surface area contributed by atoms with Crippen LogP contribution < -0.4 is 11.1 Å². The Morgan fingerprint density at radius 1 is 1.56 bits per heavy atom. The molecule has 1 aliphatic heterocycles. The van der Waals surface area contributed by atoms with Gasteiger partial charge in [-0.05, 0) is 26.3 Å². The van der Waals surface area contributed by atoms with Gasteiger partial charge in [-0.1, -0.05) is 11.3 Å². The number of carbonyl (C=O) groups excluding carboxylic acids is 2. The smallest absolute Gasteiger partial charge is 0.240 e. The Labute approximate surface area is 108 Å². The molecule has 8 heteroatoms. The monoisotopic (exact) mass is 269 g/mol. The second-order valence-electron chi connectivity index (χ2n) is 4.21. The molecule has 2 rings (SSSR count). The van der Waals surface area contributed by atoms with E-state index in [9.17, 15) is 9.59 Å². The van der Waals surface area contributed by atoms with Crippen LogP contribution in [0.15, 0.2) is 0 Å². The van der Waals surface area contributed by atoms with Crippen LogP contribution in [-0.2, 0) is 9.59 Å². The number of rotatable bonds is 4. The third kappa shape index (κ3) is 3.02. The standard InChI is InChI=1S/C10H15N5O2S/c1-6-13-14-10(18-6)12-8(16)5-15-4-2-3-7(15)9(11)17/h7H,2-5H2,1H3,(H2,11,17)(H,12,14,16). The maximum atomic E-state index is 11.8. The summed E-state index contributed by atoms with van der Waals surface area (Å²) in [5, 5.41) is 11.6. The Balaban J connectivity index is 1.89. The zero-order valence-corrected chi connectivity index (χ0v) is 10.9. The Bertz CT molecular complexity index is 461. The molecular weight excluding hydrogens is 254 g/mol. The lowest BCUT2D eigenvalue weighted by atomic mass is 10.2. The molecule has 18 heavy (non-hydrogen) atoms. The van der Waals surface area contributed by atoms with Crippen molar-refractivity contribution in [2.24, 2.45) is 5.73 Å². The molecule has 98 valence electrons.